The highest BCUT2D eigenvalue weighted by atomic mass is 16.3. The molecule has 4 nitrogen and oxygen atoms in total. The second-order valence-electron chi connectivity index (χ2n) is 7.19. The van der Waals surface area contributed by atoms with E-state index in [9.17, 15) is 19.8 Å². The third-order valence-corrected chi connectivity index (χ3v) is 5.18. The van der Waals surface area contributed by atoms with E-state index in [1.165, 1.54) is 0 Å². The highest BCUT2D eigenvalue weighted by molar-refractivity contribution is 6.11. The second kappa shape index (κ2) is 8.67. The molecule has 0 unspecified atom stereocenters. The molecule has 0 aliphatic carbocycles. The molecule has 0 atom stereocenters. The summed E-state index contributed by atoms with van der Waals surface area (Å²) in [5.41, 5.74) is 2.32. The Hall–Kier alpha value is -4.18. The second-order valence-corrected chi connectivity index (χ2v) is 7.19. The molecule has 0 saturated carbocycles. The van der Waals surface area contributed by atoms with Crippen LogP contribution in [0.3, 0.4) is 0 Å². The fraction of sp³-hybridized carbons (Fsp3) is 0.0370. The molecule has 31 heavy (non-hydrogen) atoms. The molecule has 0 heterocycles. The standard InChI is InChI=1S/C27H20O4/c28-24(18-9-3-1-4-10-18)22-15-7-13-20(26(22)30)17-21-14-8-16-23(27(21)31)25(29)19-11-5-2-6-12-19/h1-16,30-31H,17H2. The zero-order valence-electron chi connectivity index (χ0n) is 16.7. The molecule has 0 aliphatic rings. The van der Waals surface area contributed by atoms with Crippen LogP contribution in [0.5, 0.6) is 11.5 Å². The monoisotopic (exact) mass is 408 g/mol. The minimum Gasteiger partial charge on any atom is -0.507 e. The van der Waals surface area contributed by atoms with Crippen LogP contribution in [-0.4, -0.2) is 21.8 Å². The van der Waals surface area contributed by atoms with E-state index in [1.807, 2.05) is 12.1 Å². The maximum absolute atomic E-state index is 12.8. The quantitative estimate of drug-likeness (QED) is 0.433. The topological polar surface area (TPSA) is 74.6 Å². The molecule has 0 spiro atoms. The number of para-hydroxylation sites is 2. The Labute approximate surface area is 180 Å². The molecule has 0 fully saturated rings. The molecule has 152 valence electrons. The van der Waals surface area contributed by atoms with E-state index in [1.54, 1.807) is 84.9 Å². The third kappa shape index (κ3) is 4.09. The number of carbonyl (C=O) groups is 2. The first-order valence-corrected chi connectivity index (χ1v) is 9.87. The predicted molar refractivity (Wildman–Crippen MR) is 119 cm³/mol. The van der Waals surface area contributed by atoms with E-state index in [0.29, 0.717) is 22.3 Å². The number of rotatable bonds is 6. The summed E-state index contributed by atoms with van der Waals surface area (Å²) in [6.07, 6.45) is 0.170. The molecule has 4 aromatic carbocycles. The van der Waals surface area contributed by atoms with Gasteiger partial charge in [0.25, 0.3) is 0 Å². The van der Waals surface area contributed by atoms with E-state index in [2.05, 4.69) is 0 Å². The molecular formula is C27H20O4. The molecule has 0 bridgehead atoms. The predicted octanol–water partition coefficient (Wildman–Crippen LogP) is 5.15. The van der Waals surface area contributed by atoms with Crippen LogP contribution in [0.25, 0.3) is 0 Å². The van der Waals surface area contributed by atoms with Crippen molar-refractivity contribution in [3.8, 4) is 11.5 Å². The van der Waals surface area contributed by atoms with Crippen molar-refractivity contribution in [2.24, 2.45) is 0 Å². The SMILES string of the molecule is O=C(c1ccccc1)c1cccc(Cc2cccc(C(=O)c3ccccc3)c2O)c1O. The van der Waals surface area contributed by atoms with Crippen LogP contribution in [0.15, 0.2) is 97.1 Å². The van der Waals surface area contributed by atoms with Crippen molar-refractivity contribution in [2.45, 2.75) is 6.42 Å². The van der Waals surface area contributed by atoms with Gasteiger partial charge in [-0.1, -0.05) is 84.9 Å². The van der Waals surface area contributed by atoms with Crippen LogP contribution >= 0.6 is 0 Å². The molecule has 0 radical (unpaired) electrons. The molecule has 0 saturated heterocycles. The summed E-state index contributed by atoms with van der Waals surface area (Å²) in [6, 6.07) is 27.4. The summed E-state index contributed by atoms with van der Waals surface area (Å²) in [5, 5.41) is 21.5. The van der Waals surface area contributed by atoms with Gasteiger partial charge in [-0.2, -0.15) is 0 Å². The van der Waals surface area contributed by atoms with Crippen LogP contribution in [0.1, 0.15) is 43.0 Å². The Balaban J connectivity index is 1.66. The average molecular weight is 408 g/mol. The Kier molecular flexibility index (Phi) is 5.63. The average Bonchev–Trinajstić information content (AvgIpc) is 2.82. The van der Waals surface area contributed by atoms with E-state index in [0.717, 1.165) is 0 Å². The van der Waals surface area contributed by atoms with E-state index in [-0.39, 0.29) is 40.6 Å². The van der Waals surface area contributed by atoms with Gasteiger partial charge in [0.05, 0.1) is 11.1 Å². The van der Waals surface area contributed by atoms with Crippen LogP contribution in [0.2, 0.25) is 0 Å². The largest absolute Gasteiger partial charge is 0.507 e. The van der Waals surface area contributed by atoms with Crippen molar-refractivity contribution in [3.63, 3.8) is 0 Å². The van der Waals surface area contributed by atoms with Gasteiger partial charge in [-0.3, -0.25) is 9.59 Å². The highest BCUT2D eigenvalue weighted by Crippen LogP contribution is 2.31. The number of carbonyl (C=O) groups excluding carboxylic acids is 2. The molecule has 4 rings (SSSR count). The van der Waals surface area contributed by atoms with Gasteiger partial charge in [0, 0.05) is 17.5 Å². The van der Waals surface area contributed by atoms with Gasteiger partial charge in [-0.15, -0.1) is 0 Å². The lowest BCUT2D eigenvalue weighted by atomic mass is 9.94. The first-order valence-electron chi connectivity index (χ1n) is 9.87. The van der Waals surface area contributed by atoms with Crippen molar-refractivity contribution >= 4 is 11.6 Å². The summed E-state index contributed by atoms with van der Waals surface area (Å²) in [4.78, 5) is 25.6. The lowest BCUT2D eigenvalue weighted by Gasteiger charge is -2.12. The van der Waals surface area contributed by atoms with Crippen LogP contribution in [0.4, 0.5) is 0 Å². The normalized spacial score (nSPS) is 10.6. The third-order valence-electron chi connectivity index (χ3n) is 5.18. The van der Waals surface area contributed by atoms with Crippen molar-refractivity contribution in [3.05, 3.63) is 130 Å². The zero-order valence-corrected chi connectivity index (χ0v) is 16.7. The number of phenols is 2. The van der Waals surface area contributed by atoms with Crippen LogP contribution < -0.4 is 0 Å². The molecule has 4 aromatic rings. The number of hydrogen-bond donors (Lipinski definition) is 2. The Morgan fingerprint density at radius 1 is 0.516 bits per heavy atom. The number of aromatic hydroxyl groups is 2. The summed E-state index contributed by atoms with van der Waals surface area (Å²) in [7, 11) is 0. The van der Waals surface area contributed by atoms with E-state index in [4.69, 9.17) is 0 Å². The summed E-state index contributed by atoms with van der Waals surface area (Å²) in [5.74, 6) is -0.819. The number of phenolic OH excluding ortho intramolecular Hbond substituents is 2. The maximum atomic E-state index is 12.8. The molecular weight excluding hydrogens is 388 g/mol. The van der Waals surface area contributed by atoms with Gasteiger partial charge >= 0.3 is 0 Å². The maximum Gasteiger partial charge on any atom is 0.196 e. The minimum atomic E-state index is -0.280. The molecule has 0 aromatic heterocycles. The fourth-order valence-electron chi connectivity index (χ4n) is 3.53. The fourth-order valence-corrected chi connectivity index (χ4v) is 3.53. The van der Waals surface area contributed by atoms with Crippen LogP contribution in [-0.2, 0) is 6.42 Å². The molecule has 4 heteroatoms. The molecule has 2 N–H and O–H groups in total. The number of ketones is 2. The van der Waals surface area contributed by atoms with Crippen molar-refractivity contribution in [1.29, 1.82) is 0 Å². The summed E-state index contributed by atoms with van der Waals surface area (Å²) < 4.78 is 0. The lowest BCUT2D eigenvalue weighted by Crippen LogP contribution is -2.05. The van der Waals surface area contributed by atoms with Crippen molar-refractivity contribution < 1.29 is 19.8 Å². The van der Waals surface area contributed by atoms with Crippen LogP contribution in [0, 0.1) is 0 Å². The van der Waals surface area contributed by atoms with E-state index < -0.39 is 0 Å². The van der Waals surface area contributed by atoms with Gasteiger partial charge in [-0.05, 0) is 23.3 Å². The Morgan fingerprint density at radius 2 is 0.903 bits per heavy atom. The summed E-state index contributed by atoms with van der Waals surface area (Å²) in [6.45, 7) is 0. The van der Waals surface area contributed by atoms with Gasteiger partial charge < -0.3 is 10.2 Å². The summed E-state index contributed by atoms with van der Waals surface area (Å²) >= 11 is 0. The van der Waals surface area contributed by atoms with E-state index >= 15 is 0 Å². The van der Waals surface area contributed by atoms with Gasteiger partial charge in [0.1, 0.15) is 11.5 Å². The molecule has 0 aliphatic heterocycles. The lowest BCUT2D eigenvalue weighted by molar-refractivity contribution is 0.102. The van der Waals surface area contributed by atoms with Gasteiger partial charge in [0.2, 0.25) is 0 Å². The minimum absolute atomic E-state index is 0.129. The zero-order chi connectivity index (χ0) is 21.8. The smallest absolute Gasteiger partial charge is 0.196 e. The van der Waals surface area contributed by atoms with Crippen molar-refractivity contribution in [1.82, 2.24) is 0 Å². The first kappa shape index (κ1) is 20.1. The number of benzene rings is 4. The molecule has 0 amide bonds. The van der Waals surface area contributed by atoms with Gasteiger partial charge in [-0.25, -0.2) is 0 Å². The first-order chi connectivity index (χ1) is 15.1. The highest BCUT2D eigenvalue weighted by Gasteiger charge is 2.19. The Morgan fingerprint density at radius 3 is 1.29 bits per heavy atom. The Bertz CT molecular complexity index is 1150. The van der Waals surface area contributed by atoms with Crippen molar-refractivity contribution in [2.75, 3.05) is 0 Å². The number of hydrogen-bond acceptors (Lipinski definition) is 4. The van der Waals surface area contributed by atoms with Gasteiger partial charge in [0.15, 0.2) is 11.6 Å².